The van der Waals surface area contributed by atoms with E-state index in [0.717, 1.165) is 0 Å². The first-order valence-corrected chi connectivity index (χ1v) is 4.37. The maximum Gasteiger partial charge on any atom is 0.237 e. The molecule has 0 heterocycles. The highest BCUT2D eigenvalue weighted by molar-refractivity contribution is 5.81. The lowest BCUT2D eigenvalue weighted by Crippen LogP contribution is -2.46. The first kappa shape index (κ1) is 12.1. The van der Waals surface area contributed by atoms with Crippen LogP contribution >= 0.6 is 0 Å². The number of aliphatic hydroxyl groups is 1. The molecule has 0 aliphatic rings. The van der Waals surface area contributed by atoms with E-state index in [2.05, 4.69) is 17.2 Å². The van der Waals surface area contributed by atoms with Gasteiger partial charge in [-0.3, -0.25) is 4.79 Å². The molecule has 0 aliphatic carbocycles. The summed E-state index contributed by atoms with van der Waals surface area (Å²) in [6.45, 7) is 7.56. The highest BCUT2D eigenvalue weighted by atomic mass is 16.3. The minimum absolute atomic E-state index is 0.0269. The molecule has 0 saturated heterocycles. The number of hydrogen-bond acceptors (Lipinski definition) is 3. The van der Waals surface area contributed by atoms with Crippen LogP contribution in [0, 0.1) is 0 Å². The molecular weight excluding hydrogens is 168 g/mol. The van der Waals surface area contributed by atoms with Gasteiger partial charge in [-0.25, -0.2) is 0 Å². The van der Waals surface area contributed by atoms with Gasteiger partial charge in [0, 0.05) is 12.6 Å². The minimum atomic E-state index is -0.290. The van der Waals surface area contributed by atoms with Crippen LogP contribution in [0.3, 0.4) is 0 Å². The number of carbonyl (C=O) groups excluding carboxylic acids is 1. The van der Waals surface area contributed by atoms with E-state index in [1.54, 1.807) is 13.0 Å². The molecule has 13 heavy (non-hydrogen) atoms. The van der Waals surface area contributed by atoms with Crippen molar-refractivity contribution in [3.05, 3.63) is 12.7 Å². The fourth-order valence-corrected chi connectivity index (χ4v) is 0.881. The van der Waals surface area contributed by atoms with Gasteiger partial charge in [0.05, 0.1) is 12.6 Å². The molecule has 76 valence electrons. The molecule has 0 fully saturated rings. The van der Waals surface area contributed by atoms with Crippen molar-refractivity contribution in [3.63, 3.8) is 0 Å². The zero-order chi connectivity index (χ0) is 10.3. The van der Waals surface area contributed by atoms with Gasteiger partial charge in [0.25, 0.3) is 0 Å². The van der Waals surface area contributed by atoms with Crippen LogP contribution in [0.2, 0.25) is 0 Å². The van der Waals surface area contributed by atoms with Crippen molar-refractivity contribution in [2.75, 3.05) is 13.2 Å². The first-order valence-electron chi connectivity index (χ1n) is 4.37. The molecular formula is C9H18N2O2. The van der Waals surface area contributed by atoms with Crippen molar-refractivity contribution in [2.24, 2.45) is 0 Å². The van der Waals surface area contributed by atoms with Crippen LogP contribution in [0.15, 0.2) is 12.7 Å². The molecule has 0 aromatic heterocycles. The average Bonchev–Trinajstić information content (AvgIpc) is 2.13. The topological polar surface area (TPSA) is 61.4 Å². The van der Waals surface area contributed by atoms with Crippen LogP contribution in [0.4, 0.5) is 0 Å². The van der Waals surface area contributed by atoms with Gasteiger partial charge in [-0.1, -0.05) is 6.08 Å². The number of carbonyl (C=O) groups is 1. The maximum absolute atomic E-state index is 11.3. The Bertz CT molecular complexity index is 171. The number of aliphatic hydroxyl groups excluding tert-OH is 1. The smallest absolute Gasteiger partial charge is 0.237 e. The summed E-state index contributed by atoms with van der Waals surface area (Å²) in [5.74, 6) is -0.0831. The lowest BCUT2D eigenvalue weighted by molar-refractivity contribution is -0.122. The molecule has 0 aromatic rings. The van der Waals surface area contributed by atoms with Crippen LogP contribution in [-0.4, -0.2) is 36.2 Å². The second-order valence-corrected chi connectivity index (χ2v) is 3.01. The molecule has 4 nitrogen and oxygen atoms in total. The molecule has 0 saturated carbocycles. The van der Waals surface area contributed by atoms with E-state index in [1.807, 2.05) is 6.92 Å². The van der Waals surface area contributed by atoms with Gasteiger partial charge in [-0.15, -0.1) is 6.58 Å². The number of amides is 1. The Morgan fingerprint density at radius 3 is 2.69 bits per heavy atom. The highest BCUT2D eigenvalue weighted by Crippen LogP contribution is 1.86. The second-order valence-electron chi connectivity index (χ2n) is 3.01. The predicted octanol–water partition coefficient (Wildman–Crippen LogP) is -0.352. The predicted molar refractivity (Wildman–Crippen MR) is 52.4 cm³/mol. The van der Waals surface area contributed by atoms with Crippen LogP contribution in [0.25, 0.3) is 0 Å². The van der Waals surface area contributed by atoms with Crippen molar-refractivity contribution >= 4 is 5.91 Å². The van der Waals surface area contributed by atoms with E-state index in [4.69, 9.17) is 5.11 Å². The van der Waals surface area contributed by atoms with Gasteiger partial charge in [0.1, 0.15) is 0 Å². The van der Waals surface area contributed by atoms with Gasteiger partial charge in [0.2, 0.25) is 5.91 Å². The zero-order valence-corrected chi connectivity index (χ0v) is 8.21. The number of rotatable bonds is 6. The third-order valence-electron chi connectivity index (χ3n) is 1.62. The lowest BCUT2D eigenvalue weighted by atomic mass is 10.2. The largest absolute Gasteiger partial charge is 0.395 e. The van der Waals surface area contributed by atoms with E-state index in [0.29, 0.717) is 6.54 Å². The summed E-state index contributed by atoms with van der Waals surface area (Å²) in [4.78, 5) is 11.3. The van der Waals surface area contributed by atoms with Crippen LogP contribution < -0.4 is 10.6 Å². The normalized spacial score (nSPS) is 14.7. The summed E-state index contributed by atoms with van der Waals surface area (Å²) in [7, 11) is 0. The Morgan fingerprint density at radius 2 is 2.23 bits per heavy atom. The van der Waals surface area contributed by atoms with Crippen molar-refractivity contribution in [3.8, 4) is 0 Å². The Labute approximate surface area is 79.0 Å². The molecule has 0 bridgehead atoms. The van der Waals surface area contributed by atoms with E-state index in [-0.39, 0.29) is 24.6 Å². The summed E-state index contributed by atoms with van der Waals surface area (Å²) in [6, 6.07) is -0.355. The van der Waals surface area contributed by atoms with Crippen molar-refractivity contribution in [1.29, 1.82) is 0 Å². The molecule has 2 atom stereocenters. The Morgan fingerprint density at radius 1 is 1.62 bits per heavy atom. The minimum Gasteiger partial charge on any atom is -0.395 e. The summed E-state index contributed by atoms with van der Waals surface area (Å²) in [6.07, 6.45) is 1.63. The van der Waals surface area contributed by atoms with Crippen LogP contribution in [0.5, 0.6) is 0 Å². The fraction of sp³-hybridized carbons (Fsp3) is 0.667. The molecule has 4 heteroatoms. The van der Waals surface area contributed by atoms with Crippen molar-refractivity contribution in [1.82, 2.24) is 10.6 Å². The Hall–Kier alpha value is -0.870. The molecule has 0 rings (SSSR count). The van der Waals surface area contributed by atoms with Crippen molar-refractivity contribution in [2.45, 2.75) is 25.9 Å². The average molecular weight is 186 g/mol. The first-order chi connectivity index (χ1) is 6.11. The summed E-state index contributed by atoms with van der Waals surface area (Å²) < 4.78 is 0. The Kier molecular flexibility index (Phi) is 6.18. The van der Waals surface area contributed by atoms with E-state index >= 15 is 0 Å². The monoisotopic (exact) mass is 186 g/mol. The summed E-state index contributed by atoms with van der Waals surface area (Å²) >= 11 is 0. The third-order valence-corrected chi connectivity index (χ3v) is 1.62. The van der Waals surface area contributed by atoms with Gasteiger partial charge in [0.15, 0.2) is 0 Å². The number of hydrogen-bond donors (Lipinski definition) is 3. The molecule has 0 aliphatic heterocycles. The molecule has 0 radical (unpaired) electrons. The van der Waals surface area contributed by atoms with Gasteiger partial charge < -0.3 is 15.7 Å². The molecule has 0 aromatic carbocycles. The van der Waals surface area contributed by atoms with Gasteiger partial charge >= 0.3 is 0 Å². The van der Waals surface area contributed by atoms with Gasteiger partial charge in [-0.05, 0) is 13.8 Å². The van der Waals surface area contributed by atoms with E-state index in [9.17, 15) is 4.79 Å². The molecule has 2 unspecified atom stereocenters. The summed E-state index contributed by atoms with van der Waals surface area (Å²) in [5, 5.41) is 14.3. The van der Waals surface area contributed by atoms with Crippen molar-refractivity contribution < 1.29 is 9.90 Å². The van der Waals surface area contributed by atoms with E-state index < -0.39 is 0 Å². The standard InChI is InChI=1S/C9H18N2O2/c1-4-5-10-9(13)8(3)11-7(2)6-12/h4,7-8,11-12H,1,5-6H2,2-3H3,(H,10,13). The Balaban J connectivity index is 3.74. The molecule has 3 N–H and O–H groups in total. The quantitative estimate of drug-likeness (QED) is 0.497. The fourth-order valence-electron chi connectivity index (χ4n) is 0.881. The molecule has 0 spiro atoms. The summed E-state index contributed by atoms with van der Waals surface area (Å²) in [5.41, 5.74) is 0. The second kappa shape index (κ2) is 6.62. The third kappa shape index (κ3) is 5.38. The van der Waals surface area contributed by atoms with Gasteiger partial charge in [-0.2, -0.15) is 0 Å². The lowest BCUT2D eigenvalue weighted by Gasteiger charge is -2.17. The zero-order valence-electron chi connectivity index (χ0n) is 8.21. The van der Waals surface area contributed by atoms with Crippen LogP contribution in [0.1, 0.15) is 13.8 Å². The van der Waals surface area contributed by atoms with E-state index in [1.165, 1.54) is 0 Å². The highest BCUT2D eigenvalue weighted by Gasteiger charge is 2.13. The number of nitrogens with one attached hydrogen (secondary N) is 2. The van der Waals surface area contributed by atoms with Crippen LogP contribution in [-0.2, 0) is 4.79 Å². The maximum atomic E-state index is 11.3. The molecule has 1 amide bonds. The SMILES string of the molecule is C=CCNC(=O)C(C)NC(C)CO.